The number of hydrogen-bond acceptors (Lipinski definition) is 6. The minimum atomic E-state index is -1.96. The molecule has 0 radical (unpaired) electrons. The van der Waals surface area contributed by atoms with Crippen LogP contribution in [0.1, 0.15) is 62.5 Å². The van der Waals surface area contributed by atoms with E-state index in [1.54, 1.807) is 42.6 Å². The molecule has 6 rings (SSSR count). The molecule has 3 N–H and O–H groups in total. The van der Waals surface area contributed by atoms with Gasteiger partial charge >= 0.3 is 0 Å². The lowest BCUT2D eigenvalue weighted by Crippen LogP contribution is -2.68. The molecule has 39 heavy (non-hydrogen) atoms. The maximum absolute atomic E-state index is 17.4. The summed E-state index contributed by atoms with van der Waals surface area (Å²) in [4.78, 5) is 29.5. The van der Waals surface area contributed by atoms with E-state index in [0.717, 1.165) is 5.57 Å². The van der Waals surface area contributed by atoms with Crippen molar-refractivity contribution in [3.8, 4) is 0 Å². The summed E-state index contributed by atoms with van der Waals surface area (Å²) in [6, 6.07) is 6.52. The number of aliphatic hydroxyl groups excluding tert-OH is 1. The third kappa shape index (κ3) is 3.54. The van der Waals surface area contributed by atoms with Crippen molar-refractivity contribution >= 4 is 39.8 Å². The van der Waals surface area contributed by atoms with Crippen LogP contribution in [0.15, 0.2) is 53.4 Å². The summed E-state index contributed by atoms with van der Waals surface area (Å²) in [5.41, 5.74) is -3.70. The highest BCUT2D eigenvalue weighted by Gasteiger charge is 2.74. The molecular weight excluding hydrogens is 539 g/mol. The van der Waals surface area contributed by atoms with Crippen LogP contribution in [0.3, 0.4) is 0 Å². The highest BCUT2D eigenvalue weighted by molar-refractivity contribution is 7.14. The summed E-state index contributed by atoms with van der Waals surface area (Å²) in [7, 11) is 0. The molecule has 8 atom stereocenters. The number of allylic oxidation sites excluding steroid dienone is 4. The van der Waals surface area contributed by atoms with E-state index in [0.29, 0.717) is 40.7 Å². The molecule has 0 aliphatic heterocycles. The summed E-state index contributed by atoms with van der Waals surface area (Å²) < 4.78 is 17.4. The Bertz CT molecular complexity index is 1420. The number of benzene rings is 1. The highest BCUT2D eigenvalue weighted by Crippen LogP contribution is 2.72. The van der Waals surface area contributed by atoms with Gasteiger partial charge in [-0.2, -0.15) is 0 Å². The quantitative estimate of drug-likeness (QED) is 0.430. The van der Waals surface area contributed by atoms with E-state index < -0.39 is 34.1 Å². The van der Waals surface area contributed by atoms with Gasteiger partial charge in [0.15, 0.2) is 16.6 Å². The van der Waals surface area contributed by atoms with E-state index in [1.807, 2.05) is 13.8 Å². The Kier molecular flexibility index (Phi) is 6.05. The van der Waals surface area contributed by atoms with Crippen LogP contribution in [-0.2, 0) is 10.4 Å². The Balaban J connectivity index is 1.33. The Hall–Kier alpha value is -2.39. The van der Waals surface area contributed by atoms with E-state index in [2.05, 4.69) is 10.3 Å². The third-order valence-corrected chi connectivity index (χ3v) is 11.5. The Morgan fingerprint density at radius 3 is 2.67 bits per heavy atom. The van der Waals surface area contributed by atoms with E-state index in [9.17, 15) is 19.8 Å². The molecule has 8 unspecified atom stereocenters. The molecular formula is C30H32ClFN2O4S. The summed E-state index contributed by atoms with van der Waals surface area (Å²) >= 11 is 7.15. The zero-order valence-corrected chi connectivity index (χ0v) is 23.7. The zero-order valence-electron chi connectivity index (χ0n) is 22.1. The van der Waals surface area contributed by atoms with Crippen LogP contribution in [0.2, 0.25) is 5.02 Å². The molecule has 0 saturated heterocycles. The van der Waals surface area contributed by atoms with Gasteiger partial charge in [-0.15, -0.1) is 11.3 Å². The second-order valence-corrected chi connectivity index (χ2v) is 13.5. The number of carbonyl (C=O) groups is 2. The van der Waals surface area contributed by atoms with E-state index >= 15 is 4.39 Å². The molecule has 4 aliphatic rings. The van der Waals surface area contributed by atoms with Crippen molar-refractivity contribution in [1.82, 2.24) is 4.98 Å². The number of carbonyl (C=O) groups excluding carboxylic acids is 2. The molecule has 6 nitrogen and oxygen atoms in total. The van der Waals surface area contributed by atoms with Crippen LogP contribution in [-0.4, -0.2) is 38.7 Å². The maximum Gasteiger partial charge on any atom is 0.257 e. The molecule has 4 aliphatic carbocycles. The third-order valence-electron chi connectivity index (χ3n) is 10.4. The molecule has 2 aromatic rings. The van der Waals surface area contributed by atoms with Crippen molar-refractivity contribution in [2.75, 3.05) is 5.32 Å². The SMILES string of the molecule is CC1CC2C3CCC4=CC(=O)C=CC4(C)C3(F)C(O)CC2(C)C1(O)c1csc(NC(=O)c2ccc(Cl)cc2)n1. The standard InChI is InChI=1S/C30H32ClFN2O4S/c1-16-12-22-21-9-6-18-13-20(35)10-11-27(18,2)29(21,32)24(36)14-28(22,3)30(16,38)23-15-39-26(33-23)34-25(37)17-4-7-19(31)8-5-17/h4-5,7-8,10-11,13,15-16,21-22,24,36,38H,6,9,12,14H2,1-3H3,(H,33,34,37). The number of fused-ring (bicyclic) bond motifs is 5. The van der Waals surface area contributed by atoms with E-state index in [1.165, 1.54) is 23.5 Å². The van der Waals surface area contributed by atoms with Crippen molar-refractivity contribution in [1.29, 1.82) is 0 Å². The number of nitrogens with one attached hydrogen (secondary N) is 1. The molecule has 1 aromatic carbocycles. The largest absolute Gasteiger partial charge is 0.390 e. The van der Waals surface area contributed by atoms with Crippen LogP contribution in [0.4, 0.5) is 9.52 Å². The van der Waals surface area contributed by atoms with Gasteiger partial charge in [-0.3, -0.25) is 14.9 Å². The lowest BCUT2D eigenvalue weighted by Gasteiger charge is -2.62. The number of aliphatic hydroxyl groups is 2. The number of amides is 1. The summed E-state index contributed by atoms with van der Waals surface area (Å²) in [5, 5.41) is 29.4. The predicted molar refractivity (Wildman–Crippen MR) is 148 cm³/mol. The van der Waals surface area contributed by atoms with Gasteiger partial charge < -0.3 is 10.2 Å². The Labute approximate surface area is 236 Å². The molecule has 0 spiro atoms. The number of ketones is 1. The number of anilines is 1. The summed E-state index contributed by atoms with van der Waals surface area (Å²) in [6.45, 7) is 5.69. The van der Waals surface area contributed by atoms with Crippen LogP contribution < -0.4 is 5.32 Å². The first-order valence-electron chi connectivity index (χ1n) is 13.4. The number of aromatic nitrogens is 1. The Morgan fingerprint density at radius 1 is 1.23 bits per heavy atom. The zero-order chi connectivity index (χ0) is 28.0. The van der Waals surface area contributed by atoms with Gasteiger partial charge in [0.05, 0.1) is 11.8 Å². The normalized spacial score (nSPS) is 40.9. The first kappa shape index (κ1) is 26.8. The maximum atomic E-state index is 17.4. The van der Waals surface area contributed by atoms with Gasteiger partial charge in [-0.05, 0) is 80.9 Å². The Morgan fingerprint density at radius 2 is 1.95 bits per heavy atom. The average Bonchev–Trinajstić information content (AvgIpc) is 3.43. The minimum absolute atomic E-state index is 0.0557. The second kappa shape index (κ2) is 8.80. The van der Waals surface area contributed by atoms with Crippen LogP contribution in [0.25, 0.3) is 0 Å². The number of hydrogen-bond donors (Lipinski definition) is 3. The average molecular weight is 571 g/mol. The van der Waals surface area contributed by atoms with Crippen molar-refractivity contribution in [2.45, 2.75) is 63.8 Å². The molecule has 3 saturated carbocycles. The van der Waals surface area contributed by atoms with Gasteiger partial charge in [-0.25, -0.2) is 9.37 Å². The molecule has 0 bridgehead atoms. The van der Waals surface area contributed by atoms with Crippen molar-refractivity contribution < 1.29 is 24.2 Å². The number of alkyl halides is 1. The molecule has 3 fully saturated rings. The first-order valence-corrected chi connectivity index (χ1v) is 14.7. The van der Waals surface area contributed by atoms with E-state index in [4.69, 9.17) is 11.6 Å². The highest BCUT2D eigenvalue weighted by atomic mass is 35.5. The van der Waals surface area contributed by atoms with Crippen LogP contribution >= 0.6 is 22.9 Å². The van der Waals surface area contributed by atoms with Gasteiger partial charge in [0.2, 0.25) is 0 Å². The number of halogens is 2. The molecule has 1 aromatic heterocycles. The van der Waals surface area contributed by atoms with Gasteiger partial charge in [-0.1, -0.05) is 37.1 Å². The molecule has 1 amide bonds. The monoisotopic (exact) mass is 570 g/mol. The van der Waals surface area contributed by atoms with Crippen molar-refractivity contribution in [3.05, 3.63) is 69.7 Å². The lowest BCUT2D eigenvalue weighted by atomic mass is 9.44. The molecule has 9 heteroatoms. The fraction of sp³-hybridized carbons (Fsp3) is 0.500. The van der Waals surface area contributed by atoms with Crippen molar-refractivity contribution in [2.24, 2.45) is 28.6 Å². The summed E-state index contributed by atoms with van der Waals surface area (Å²) in [6.07, 6.45) is 4.96. The van der Waals surface area contributed by atoms with Gasteiger partial charge in [0, 0.05) is 32.7 Å². The fourth-order valence-corrected chi connectivity index (χ4v) is 9.25. The van der Waals surface area contributed by atoms with E-state index in [-0.39, 0.29) is 29.9 Å². The van der Waals surface area contributed by atoms with Crippen LogP contribution in [0.5, 0.6) is 0 Å². The predicted octanol–water partition coefficient (Wildman–Crippen LogP) is 5.85. The molecule has 206 valence electrons. The van der Waals surface area contributed by atoms with Crippen molar-refractivity contribution in [3.63, 3.8) is 0 Å². The summed E-state index contributed by atoms with van der Waals surface area (Å²) in [5.74, 6) is -1.44. The number of nitrogens with zero attached hydrogens (tertiary/aromatic N) is 1. The van der Waals surface area contributed by atoms with Crippen LogP contribution in [0, 0.1) is 28.6 Å². The topological polar surface area (TPSA) is 99.5 Å². The number of rotatable bonds is 3. The van der Waals surface area contributed by atoms with Gasteiger partial charge in [0.25, 0.3) is 5.91 Å². The fourth-order valence-electron chi connectivity index (χ4n) is 8.37. The number of thiazole rings is 1. The van der Waals surface area contributed by atoms with Gasteiger partial charge in [0.1, 0.15) is 5.60 Å². The smallest absolute Gasteiger partial charge is 0.257 e. The first-order chi connectivity index (χ1) is 18.3. The minimum Gasteiger partial charge on any atom is -0.390 e. The molecule has 1 heterocycles. The lowest BCUT2D eigenvalue weighted by molar-refractivity contribution is -0.223. The second-order valence-electron chi connectivity index (χ2n) is 12.2.